The molecule has 0 spiro atoms. The van der Waals surface area contributed by atoms with E-state index in [1.54, 1.807) is 6.92 Å². The molecule has 6 heteroatoms. The van der Waals surface area contributed by atoms with E-state index < -0.39 is 5.76 Å². The summed E-state index contributed by atoms with van der Waals surface area (Å²) in [5, 5.41) is 3.41. The van der Waals surface area contributed by atoms with Crippen molar-refractivity contribution in [3.63, 3.8) is 0 Å². The van der Waals surface area contributed by atoms with Crippen molar-refractivity contribution in [2.45, 2.75) is 13.5 Å². The van der Waals surface area contributed by atoms with Crippen LogP contribution in [0.2, 0.25) is 0 Å². The zero-order chi connectivity index (χ0) is 9.84. The van der Waals surface area contributed by atoms with Crippen molar-refractivity contribution in [1.82, 2.24) is 9.72 Å². The molecule has 0 aliphatic rings. The van der Waals surface area contributed by atoms with Crippen molar-refractivity contribution in [3.05, 3.63) is 28.3 Å². The summed E-state index contributed by atoms with van der Waals surface area (Å²) in [5.41, 5.74) is 0. The Morgan fingerprint density at radius 1 is 1.85 bits per heavy atom. The highest BCUT2D eigenvalue weighted by Crippen LogP contribution is 2.02. The van der Waals surface area contributed by atoms with Crippen LogP contribution in [0.15, 0.2) is 21.2 Å². The number of allylic oxidation sites excluding steroid dienone is 2. The van der Waals surface area contributed by atoms with Crippen LogP contribution >= 0.6 is 22.6 Å². The third-order valence-electron chi connectivity index (χ3n) is 1.47. The van der Waals surface area contributed by atoms with E-state index in [0.29, 0.717) is 10.3 Å². The van der Waals surface area contributed by atoms with Gasteiger partial charge in [0.05, 0.1) is 6.54 Å². The summed E-state index contributed by atoms with van der Waals surface area (Å²) in [4.78, 5) is 10.9. The van der Waals surface area contributed by atoms with Gasteiger partial charge in [-0.25, -0.2) is 9.18 Å². The molecule has 0 aliphatic heterocycles. The highest BCUT2D eigenvalue weighted by Gasteiger charge is 2.07. The molecule has 0 atom stereocenters. The molecule has 4 nitrogen and oxygen atoms in total. The van der Waals surface area contributed by atoms with Gasteiger partial charge in [-0.3, -0.25) is 9.09 Å². The fourth-order valence-electron chi connectivity index (χ4n) is 0.814. The zero-order valence-corrected chi connectivity index (χ0v) is 9.12. The van der Waals surface area contributed by atoms with E-state index in [-0.39, 0.29) is 12.4 Å². The SMILES string of the molecule is Cc1noc(=O)n1C/C(F)=C\CI. The Labute approximate surface area is 87.6 Å². The largest absolute Gasteiger partial charge is 0.441 e. The lowest BCUT2D eigenvalue weighted by molar-refractivity contribution is 0.373. The van der Waals surface area contributed by atoms with Crippen LogP contribution < -0.4 is 5.76 Å². The van der Waals surface area contributed by atoms with Crippen LogP contribution in [-0.4, -0.2) is 14.2 Å². The first-order valence-electron chi connectivity index (χ1n) is 3.58. The van der Waals surface area contributed by atoms with Gasteiger partial charge in [-0.1, -0.05) is 27.7 Å². The Hall–Kier alpha value is -0.660. The third kappa shape index (κ3) is 2.64. The molecule has 1 heterocycles. The molecule has 0 bridgehead atoms. The second-order valence-electron chi connectivity index (χ2n) is 2.39. The molecule has 0 aliphatic carbocycles. The standard InChI is InChI=1S/C7H8FIN2O2/c1-5-10-13-7(12)11(5)4-6(8)2-3-9/h2H,3-4H2,1H3/b6-2+. The minimum Gasteiger partial charge on any atom is -0.296 e. The quantitative estimate of drug-likeness (QED) is 0.626. The van der Waals surface area contributed by atoms with Gasteiger partial charge in [-0.2, -0.15) is 0 Å². The molecule has 0 aromatic carbocycles. The minimum absolute atomic E-state index is 0.100. The van der Waals surface area contributed by atoms with Gasteiger partial charge in [0, 0.05) is 4.43 Å². The summed E-state index contributed by atoms with van der Waals surface area (Å²) in [5.74, 6) is -0.612. The molecule has 13 heavy (non-hydrogen) atoms. The van der Waals surface area contributed by atoms with Gasteiger partial charge in [-0.15, -0.1) is 0 Å². The van der Waals surface area contributed by atoms with Crippen LogP contribution in [0.3, 0.4) is 0 Å². The number of aromatic nitrogens is 2. The summed E-state index contributed by atoms with van der Waals surface area (Å²) in [6, 6.07) is 0. The predicted molar refractivity (Wildman–Crippen MR) is 53.6 cm³/mol. The molecule has 0 amide bonds. The van der Waals surface area contributed by atoms with Gasteiger partial charge in [-0.05, 0) is 13.0 Å². The first kappa shape index (κ1) is 10.4. The van der Waals surface area contributed by atoms with Gasteiger partial charge in [0.25, 0.3) is 0 Å². The molecule has 1 aromatic rings. The van der Waals surface area contributed by atoms with E-state index in [9.17, 15) is 9.18 Å². The van der Waals surface area contributed by atoms with E-state index in [1.807, 2.05) is 22.6 Å². The van der Waals surface area contributed by atoms with E-state index in [2.05, 4.69) is 9.68 Å². The molecule has 0 saturated heterocycles. The highest BCUT2D eigenvalue weighted by molar-refractivity contribution is 14.1. The molecule has 0 saturated carbocycles. The molecule has 0 unspecified atom stereocenters. The second kappa shape index (κ2) is 4.54. The van der Waals surface area contributed by atoms with Gasteiger partial charge < -0.3 is 0 Å². The lowest BCUT2D eigenvalue weighted by atomic mass is 10.4. The maximum absolute atomic E-state index is 13.0. The average Bonchev–Trinajstić information content (AvgIpc) is 2.36. The number of halogens is 2. The van der Waals surface area contributed by atoms with Crippen molar-refractivity contribution in [3.8, 4) is 0 Å². The van der Waals surface area contributed by atoms with Crippen LogP contribution in [0.4, 0.5) is 4.39 Å². The first-order chi connectivity index (χ1) is 6.15. The second-order valence-corrected chi connectivity index (χ2v) is 3.27. The molecule has 1 aromatic heterocycles. The van der Waals surface area contributed by atoms with Crippen molar-refractivity contribution in [1.29, 1.82) is 0 Å². The summed E-state index contributed by atoms with van der Waals surface area (Å²) in [7, 11) is 0. The number of aryl methyl sites for hydroxylation is 1. The molecule has 1 rings (SSSR count). The lowest BCUT2D eigenvalue weighted by Gasteiger charge is -1.97. The number of nitrogens with zero attached hydrogens (tertiary/aromatic N) is 2. The van der Waals surface area contributed by atoms with Gasteiger partial charge in [0.15, 0.2) is 5.82 Å². The van der Waals surface area contributed by atoms with Crippen LogP contribution in [0.5, 0.6) is 0 Å². The first-order valence-corrected chi connectivity index (χ1v) is 5.11. The van der Waals surface area contributed by atoms with E-state index in [1.165, 1.54) is 6.08 Å². The normalized spacial score (nSPS) is 12.1. The maximum atomic E-state index is 13.0. The highest BCUT2D eigenvalue weighted by atomic mass is 127. The van der Waals surface area contributed by atoms with Crippen molar-refractivity contribution in [2.75, 3.05) is 4.43 Å². The third-order valence-corrected chi connectivity index (χ3v) is 1.92. The summed E-state index contributed by atoms with van der Waals surface area (Å²) >= 11 is 2.02. The molecule has 0 N–H and O–H groups in total. The van der Waals surface area contributed by atoms with Crippen LogP contribution in [-0.2, 0) is 6.54 Å². The molecular weight excluding hydrogens is 290 g/mol. The van der Waals surface area contributed by atoms with Crippen molar-refractivity contribution in [2.24, 2.45) is 0 Å². The number of alkyl halides is 1. The summed E-state index contributed by atoms with van der Waals surface area (Å²) in [6.45, 7) is 1.49. The summed E-state index contributed by atoms with van der Waals surface area (Å²) < 4.78 is 19.0. The van der Waals surface area contributed by atoms with Crippen LogP contribution in [0, 0.1) is 6.92 Å². The average molecular weight is 298 g/mol. The Morgan fingerprint density at radius 2 is 2.54 bits per heavy atom. The van der Waals surface area contributed by atoms with Crippen molar-refractivity contribution < 1.29 is 8.91 Å². The van der Waals surface area contributed by atoms with E-state index in [0.717, 1.165) is 4.57 Å². The molecule has 0 radical (unpaired) electrons. The monoisotopic (exact) mass is 298 g/mol. The number of hydrogen-bond donors (Lipinski definition) is 0. The van der Waals surface area contributed by atoms with Gasteiger partial charge in [0.2, 0.25) is 0 Å². The van der Waals surface area contributed by atoms with Gasteiger partial charge >= 0.3 is 5.76 Å². The topological polar surface area (TPSA) is 48.0 Å². The van der Waals surface area contributed by atoms with Gasteiger partial charge in [0.1, 0.15) is 5.83 Å². The Bertz CT molecular complexity index is 369. The lowest BCUT2D eigenvalue weighted by Crippen LogP contribution is -2.16. The maximum Gasteiger partial charge on any atom is 0.441 e. The summed E-state index contributed by atoms with van der Waals surface area (Å²) in [6.07, 6.45) is 1.40. The zero-order valence-electron chi connectivity index (χ0n) is 6.96. The predicted octanol–water partition coefficient (Wildman–Crippen LogP) is 1.43. The number of rotatable bonds is 3. The molecule has 72 valence electrons. The van der Waals surface area contributed by atoms with E-state index in [4.69, 9.17) is 0 Å². The molecule has 0 fully saturated rings. The minimum atomic E-state index is -0.630. The fraction of sp³-hybridized carbons (Fsp3) is 0.429. The fourth-order valence-corrected chi connectivity index (χ4v) is 1.29. The van der Waals surface area contributed by atoms with Crippen molar-refractivity contribution >= 4 is 22.6 Å². The number of hydrogen-bond acceptors (Lipinski definition) is 3. The smallest absolute Gasteiger partial charge is 0.296 e. The molecular formula is C7H8FIN2O2. The van der Waals surface area contributed by atoms with E-state index >= 15 is 0 Å². The Morgan fingerprint density at radius 3 is 3.00 bits per heavy atom. The Kier molecular flexibility index (Phi) is 3.64. The Balaban J connectivity index is 2.85. The van der Waals surface area contributed by atoms with Crippen LogP contribution in [0.1, 0.15) is 5.82 Å². The van der Waals surface area contributed by atoms with Crippen LogP contribution in [0.25, 0.3) is 0 Å².